The van der Waals surface area contributed by atoms with Crippen LogP contribution in [0.15, 0.2) is 73.1 Å². The van der Waals surface area contributed by atoms with Gasteiger partial charge in [-0.2, -0.15) is 0 Å². The summed E-state index contributed by atoms with van der Waals surface area (Å²) in [6, 6.07) is 17.5. The molecule has 2 atom stereocenters. The van der Waals surface area contributed by atoms with Crippen LogP contribution in [0.2, 0.25) is 0 Å². The van der Waals surface area contributed by atoms with Crippen LogP contribution in [0.25, 0.3) is 11.1 Å². The molecule has 0 amide bonds. The van der Waals surface area contributed by atoms with Gasteiger partial charge < -0.3 is 9.84 Å². The van der Waals surface area contributed by atoms with Crippen LogP contribution < -0.4 is 9.04 Å². The number of methoxy groups -OCH3 is 1. The number of hydrogen-bond acceptors (Lipinski definition) is 5. The molecule has 0 bridgehead atoms. The molecule has 1 aliphatic heterocycles. The van der Waals surface area contributed by atoms with E-state index >= 15 is 0 Å². The van der Waals surface area contributed by atoms with Gasteiger partial charge in [0.15, 0.2) is 0 Å². The van der Waals surface area contributed by atoms with Crippen LogP contribution in [0, 0.1) is 5.92 Å². The zero-order valence-corrected chi connectivity index (χ0v) is 20.3. The minimum absolute atomic E-state index is 0.251. The molecule has 1 aliphatic rings. The van der Waals surface area contributed by atoms with Crippen LogP contribution in [0.5, 0.6) is 5.75 Å². The molecule has 0 saturated carbocycles. The third-order valence-corrected chi connectivity index (χ3v) is 7.23. The molecule has 184 valence electrons. The van der Waals surface area contributed by atoms with Crippen LogP contribution in [-0.4, -0.2) is 56.0 Å². The number of aliphatic carboxylic acids is 1. The summed E-state index contributed by atoms with van der Waals surface area (Å²) in [6.45, 7) is 2.22. The highest BCUT2D eigenvalue weighted by atomic mass is 32.2. The van der Waals surface area contributed by atoms with Gasteiger partial charge in [0.25, 0.3) is 11.3 Å². The van der Waals surface area contributed by atoms with Crippen molar-refractivity contribution in [2.75, 3.05) is 24.5 Å². The lowest BCUT2D eigenvalue weighted by atomic mass is 9.88. The molecule has 2 unspecified atom stereocenters. The van der Waals surface area contributed by atoms with Gasteiger partial charge in [-0.05, 0) is 84.9 Å². The number of benzene rings is 2. The largest absolute Gasteiger partial charge is 0.497 e. The fourth-order valence-corrected chi connectivity index (χ4v) is 5.36. The first kappa shape index (κ1) is 24.8. The molecular formula is C26H29N3O5S. The summed E-state index contributed by atoms with van der Waals surface area (Å²) >= 11 is -2.49. The first-order chi connectivity index (χ1) is 17.0. The molecule has 1 fully saturated rings. The lowest BCUT2D eigenvalue weighted by Gasteiger charge is -2.38. The number of carbonyl (C=O) groups is 1. The molecule has 3 aromatic rings. The van der Waals surface area contributed by atoms with E-state index in [0.717, 1.165) is 46.4 Å². The maximum Gasteiger partial charge on any atom is 0.327 e. The molecule has 35 heavy (non-hydrogen) atoms. The van der Waals surface area contributed by atoms with Gasteiger partial charge in [-0.3, -0.25) is 18.7 Å². The number of pyridine rings is 1. The lowest BCUT2D eigenvalue weighted by molar-refractivity contribution is -0.140. The number of anilines is 1. The summed E-state index contributed by atoms with van der Waals surface area (Å²) in [5.74, 6) is -0.596. The molecule has 2 heterocycles. The van der Waals surface area contributed by atoms with Crippen molar-refractivity contribution in [2.24, 2.45) is 5.92 Å². The Labute approximate surface area is 207 Å². The number of carboxylic acids is 1. The predicted octanol–water partition coefficient (Wildman–Crippen LogP) is 4.07. The van der Waals surface area contributed by atoms with Crippen molar-refractivity contribution in [1.82, 2.24) is 9.88 Å². The third kappa shape index (κ3) is 6.05. The van der Waals surface area contributed by atoms with Crippen molar-refractivity contribution < 1.29 is 23.4 Å². The molecule has 2 N–H and O–H groups in total. The monoisotopic (exact) mass is 495 g/mol. The molecule has 4 rings (SSSR count). The Morgan fingerprint density at radius 2 is 1.63 bits per heavy atom. The predicted molar refractivity (Wildman–Crippen MR) is 135 cm³/mol. The van der Waals surface area contributed by atoms with Gasteiger partial charge >= 0.3 is 5.97 Å². The van der Waals surface area contributed by atoms with E-state index in [1.807, 2.05) is 48.5 Å². The number of ether oxygens (including phenoxy) is 1. The fourth-order valence-electron chi connectivity index (χ4n) is 4.60. The topological polar surface area (TPSA) is 103 Å². The fraction of sp³-hybridized carbons (Fsp3) is 0.308. The first-order valence-electron chi connectivity index (χ1n) is 11.4. The van der Waals surface area contributed by atoms with Gasteiger partial charge in [-0.1, -0.05) is 24.3 Å². The highest BCUT2D eigenvalue weighted by Gasteiger charge is 2.38. The van der Waals surface area contributed by atoms with E-state index in [0.29, 0.717) is 18.5 Å². The van der Waals surface area contributed by atoms with Crippen LogP contribution in [-0.2, 0) is 22.6 Å². The van der Waals surface area contributed by atoms with Crippen molar-refractivity contribution in [3.05, 3.63) is 78.6 Å². The van der Waals surface area contributed by atoms with Crippen molar-refractivity contribution in [3.8, 4) is 16.9 Å². The minimum atomic E-state index is -2.49. The van der Waals surface area contributed by atoms with Crippen LogP contribution in [0.1, 0.15) is 18.4 Å². The molecule has 0 aliphatic carbocycles. The molecule has 1 aromatic heterocycles. The Bertz CT molecular complexity index is 1130. The standard InChI is InChI=1S/C26H29N3O5S/c1-34-24-8-4-21(5-9-24)20-2-6-23(7-3-20)29(35(32)33)25(26(30)31)22-12-16-28(17-13-22)18-19-10-14-27-15-11-19/h2-11,14-15,22,25H,12-13,16-18H2,1H3,(H,30,31)(H,32,33). The molecule has 0 spiro atoms. The summed E-state index contributed by atoms with van der Waals surface area (Å²) in [4.78, 5) is 18.6. The summed E-state index contributed by atoms with van der Waals surface area (Å²) in [5.41, 5.74) is 3.43. The van der Waals surface area contributed by atoms with E-state index in [4.69, 9.17) is 4.74 Å². The maximum atomic E-state index is 12.4. The Hall–Kier alpha value is -3.27. The third-order valence-electron chi connectivity index (χ3n) is 6.45. The van der Waals surface area contributed by atoms with E-state index < -0.39 is 23.3 Å². The number of carboxylic acid groups (broad SMARTS) is 1. The Morgan fingerprint density at radius 1 is 1.06 bits per heavy atom. The second-order valence-electron chi connectivity index (χ2n) is 8.58. The van der Waals surface area contributed by atoms with Crippen molar-refractivity contribution in [3.63, 3.8) is 0 Å². The van der Waals surface area contributed by atoms with Crippen LogP contribution in [0.3, 0.4) is 0 Å². The average molecular weight is 496 g/mol. The Kier molecular flexibility index (Phi) is 8.12. The van der Waals surface area contributed by atoms with E-state index in [1.165, 1.54) is 0 Å². The van der Waals surface area contributed by atoms with E-state index in [-0.39, 0.29) is 5.92 Å². The van der Waals surface area contributed by atoms with E-state index in [1.54, 1.807) is 31.6 Å². The number of nitrogens with zero attached hydrogens (tertiary/aromatic N) is 3. The SMILES string of the molecule is COc1ccc(-c2ccc(N(C(C(=O)O)C3CCN(Cc4ccncc4)CC3)S(=O)O)cc2)cc1. The highest BCUT2D eigenvalue weighted by Crippen LogP contribution is 2.31. The van der Waals surface area contributed by atoms with Crippen molar-refractivity contribution >= 4 is 22.9 Å². The zero-order valence-electron chi connectivity index (χ0n) is 19.5. The summed E-state index contributed by atoms with van der Waals surface area (Å²) < 4.78 is 28.8. The quantitative estimate of drug-likeness (QED) is 0.432. The van der Waals surface area contributed by atoms with Gasteiger partial charge in [0.2, 0.25) is 0 Å². The second kappa shape index (κ2) is 11.4. The number of hydrogen-bond donors (Lipinski definition) is 2. The first-order valence-corrected chi connectivity index (χ1v) is 12.5. The average Bonchev–Trinajstić information content (AvgIpc) is 2.88. The van der Waals surface area contributed by atoms with Gasteiger partial charge in [0.1, 0.15) is 11.8 Å². The Balaban J connectivity index is 1.49. The van der Waals surface area contributed by atoms with E-state index in [2.05, 4.69) is 9.88 Å². The lowest BCUT2D eigenvalue weighted by Crippen LogP contribution is -2.50. The van der Waals surface area contributed by atoms with Gasteiger partial charge in [0, 0.05) is 18.9 Å². The molecule has 1 saturated heterocycles. The normalized spacial score (nSPS) is 16.4. The zero-order chi connectivity index (χ0) is 24.8. The molecule has 2 aromatic carbocycles. The smallest absolute Gasteiger partial charge is 0.327 e. The van der Waals surface area contributed by atoms with Crippen LogP contribution in [0.4, 0.5) is 5.69 Å². The highest BCUT2D eigenvalue weighted by molar-refractivity contribution is 7.80. The Morgan fingerprint density at radius 3 is 2.14 bits per heavy atom. The van der Waals surface area contributed by atoms with Gasteiger partial charge in [-0.25, -0.2) is 9.00 Å². The molecule has 8 nitrogen and oxygen atoms in total. The number of aromatic nitrogens is 1. The minimum Gasteiger partial charge on any atom is -0.497 e. The van der Waals surface area contributed by atoms with Crippen molar-refractivity contribution in [2.45, 2.75) is 25.4 Å². The molecule has 0 radical (unpaired) electrons. The maximum absolute atomic E-state index is 12.4. The number of piperidine rings is 1. The van der Waals surface area contributed by atoms with Crippen LogP contribution >= 0.6 is 0 Å². The van der Waals surface area contributed by atoms with E-state index in [9.17, 15) is 18.7 Å². The van der Waals surface area contributed by atoms with Gasteiger partial charge in [0.05, 0.1) is 12.8 Å². The number of rotatable bonds is 9. The summed E-state index contributed by atoms with van der Waals surface area (Å²) in [5, 5.41) is 10.1. The molecular weight excluding hydrogens is 466 g/mol. The second-order valence-corrected chi connectivity index (χ2v) is 9.44. The molecule has 9 heteroatoms. The van der Waals surface area contributed by atoms with Crippen molar-refractivity contribution in [1.29, 1.82) is 0 Å². The number of likely N-dealkylation sites (tertiary alicyclic amines) is 1. The van der Waals surface area contributed by atoms with Gasteiger partial charge in [-0.15, -0.1) is 0 Å². The summed E-state index contributed by atoms with van der Waals surface area (Å²) in [7, 11) is 1.61. The summed E-state index contributed by atoms with van der Waals surface area (Å²) in [6.07, 6.45) is 4.77.